The van der Waals surface area contributed by atoms with Gasteiger partial charge in [0.1, 0.15) is 5.82 Å². The molecule has 0 unspecified atom stereocenters. The third kappa shape index (κ3) is 1.46. The fourth-order valence-corrected chi connectivity index (χ4v) is 1.49. The average Bonchev–Trinajstić information content (AvgIpc) is 2.57. The zero-order valence-corrected chi connectivity index (χ0v) is 8.49. The van der Waals surface area contributed by atoms with Gasteiger partial charge in [-0.2, -0.15) is 0 Å². The number of imidazole rings is 1. The molecule has 1 aromatic heterocycles. The maximum atomic E-state index is 5.92. The van der Waals surface area contributed by atoms with Crippen LogP contribution in [-0.4, -0.2) is 9.55 Å². The summed E-state index contributed by atoms with van der Waals surface area (Å²) in [6, 6.07) is 5.53. The van der Waals surface area contributed by atoms with Gasteiger partial charge in [0.15, 0.2) is 0 Å². The van der Waals surface area contributed by atoms with Crippen LogP contribution < -0.4 is 5.73 Å². The number of nitrogen functional groups attached to an aromatic ring is 1. The molecule has 0 spiro atoms. The van der Waals surface area contributed by atoms with Crippen molar-refractivity contribution in [1.82, 2.24) is 9.55 Å². The summed E-state index contributed by atoms with van der Waals surface area (Å²) in [6.07, 6.45) is 3.64. The van der Waals surface area contributed by atoms with Crippen LogP contribution in [0.3, 0.4) is 0 Å². The Bertz CT molecular complexity index is 462. The molecular formula is C10H10ClN3. The molecule has 2 rings (SSSR count). The highest BCUT2D eigenvalue weighted by atomic mass is 35.5. The summed E-state index contributed by atoms with van der Waals surface area (Å²) in [7, 11) is 0. The van der Waals surface area contributed by atoms with E-state index in [9.17, 15) is 0 Å². The second-order valence-corrected chi connectivity index (χ2v) is 3.46. The molecule has 0 atom stereocenters. The molecule has 14 heavy (non-hydrogen) atoms. The van der Waals surface area contributed by atoms with Crippen LogP contribution in [0, 0.1) is 6.92 Å². The number of rotatable bonds is 1. The van der Waals surface area contributed by atoms with E-state index in [0.29, 0.717) is 10.7 Å². The first-order valence-electron chi connectivity index (χ1n) is 4.24. The van der Waals surface area contributed by atoms with E-state index in [1.807, 2.05) is 29.8 Å². The van der Waals surface area contributed by atoms with Crippen LogP contribution in [-0.2, 0) is 0 Å². The molecule has 4 heteroatoms. The minimum Gasteiger partial charge on any atom is -0.398 e. The van der Waals surface area contributed by atoms with Gasteiger partial charge in [0, 0.05) is 18.1 Å². The standard InChI is InChI=1S/C10H10ClN3/c1-7-13-4-5-14(7)8-2-3-10(12)9(11)6-8/h2-6H,12H2,1H3. The molecule has 72 valence electrons. The number of anilines is 1. The van der Waals surface area contributed by atoms with Gasteiger partial charge in [-0.25, -0.2) is 4.98 Å². The minimum atomic E-state index is 0.565. The van der Waals surface area contributed by atoms with Crippen molar-refractivity contribution in [3.63, 3.8) is 0 Å². The van der Waals surface area contributed by atoms with Crippen LogP contribution >= 0.6 is 11.6 Å². The number of nitrogens with two attached hydrogens (primary N) is 1. The Hall–Kier alpha value is -1.48. The summed E-state index contributed by atoms with van der Waals surface area (Å²) in [5.74, 6) is 0.922. The summed E-state index contributed by atoms with van der Waals surface area (Å²) >= 11 is 5.92. The normalized spacial score (nSPS) is 10.4. The molecule has 0 amide bonds. The van der Waals surface area contributed by atoms with E-state index in [-0.39, 0.29) is 0 Å². The Balaban J connectivity index is 2.53. The first kappa shape index (κ1) is 9.09. The number of halogens is 1. The Morgan fingerprint density at radius 1 is 1.43 bits per heavy atom. The monoisotopic (exact) mass is 207 g/mol. The highest BCUT2D eigenvalue weighted by Crippen LogP contribution is 2.22. The van der Waals surface area contributed by atoms with Gasteiger partial charge >= 0.3 is 0 Å². The molecule has 1 heterocycles. The molecule has 0 radical (unpaired) electrons. The quantitative estimate of drug-likeness (QED) is 0.730. The van der Waals surface area contributed by atoms with Crippen LogP contribution in [0.1, 0.15) is 5.82 Å². The summed E-state index contributed by atoms with van der Waals surface area (Å²) in [6.45, 7) is 1.93. The van der Waals surface area contributed by atoms with Gasteiger partial charge in [0.25, 0.3) is 0 Å². The van der Waals surface area contributed by atoms with Gasteiger partial charge in [-0.3, -0.25) is 0 Å². The number of nitrogens with zero attached hydrogens (tertiary/aromatic N) is 2. The second-order valence-electron chi connectivity index (χ2n) is 3.05. The lowest BCUT2D eigenvalue weighted by Gasteiger charge is -2.06. The van der Waals surface area contributed by atoms with Crippen molar-refractivity contribution in [3.8, 4) is 5.69 Å². The number of aromatic nitrogens is 2. The lowest BCUT2D eigenvalue weighted by atomic mass is 10.3. The molecule has 0 fully saturated rings. The number of hydrogen-bond acceptors (Lipinski definition) is 2. The van der Waals surface area contributed by atoms with Crippen LogP contribution in [0.4, 0.5) is 5.69 Å². The summed E-state index contributed by atoms with van der Waals surface area (Å²) in [5.41, 5.74) is 7.19. The molecule has 3 nitrogen and oxygen atoms in total. The Morgan fingerprint density at radius 2 is 2.21 bits per heavy atom. The Labute approximate surface area is 87.1 Å². The van der Waals surface area contributed by atoms with E-state index in [1.165, 1.54) is 0 Å². The van der Waals surface area contributed by atoms with Crippen LogP contribution in [0.25, 0.3) is 5.69 Å². The van der Waals surface area contributed by atoms with Gasteiger partial charge in [-0.05, 0) is 25.1 Å². The van der Waals surface area contributed by atoms with Crippen LogP contribution in [0.5, 0.6) is 0 Å². The second kappa shape index (κ2) is 3.35. The van der Waals surface area contributed by atoms with E-state index >= 15 is 0 Å². The zero-order valence-electron chi connectivity index (χ0n) is 7.74. The van der Waals surface area contributed by atoms with E-state index < -0.39 is 0 Å². The first-order chi connectivity index (χ1) is 6.68. The lowest BCUT2D eigenvalue weighted by Crippen LogP contribution is -1.96. The zero-order chi connectivity index (χ0) is 10.1. The molecular weight excluding hydrogens is 198 g/mol. The minimum absolute atomic E-state index is 0.565. The third-order valence-corrected chi connectivity index (χ3v) is 2.42. The maximum absolute atomic E-state index is 5.92. The fourth-order valence-electron chi connectivity index (χ4n) is 1.32. The highest BCUT2D eigenvalue weighted by Gasteiger charge is 2.02. The van der Waals surface area contributed by atoms with Crippen molar-refractivity contribution < 1.29 is 0 Å². The van der Waals surface area contributed by atoms with Gasteiger partial charge < -0.3 is 10.3 Å². The van der Waals surface area contributed by atoms with E-state index in [0.717, 1.165) is 11.5 Å². The van der Waals surface area contributed by atoms with Gasteiger partial charge in [-0.1, -0.05) is 11.6 Å². The maximum Gasteiger partial charge on any atom is 0.110 e. The number of aryl methyl sites for hydroxylation is 1. The van der Waals surface area contributed by atoms with Crippen molar-refractivity contribution in [2.75, 3.05) is 5.73 Å². The van der Waals surface area contributed by atoms with Crippen molar-refractivity contribution >= 4 is 17.3 Å². The lowest BCUT2D eigenvalue weighted by molar-refractivity contribution is 0.975. The molecule has 2 N–H and O–H groups in total. The van der Waals surface area contributed by atoms with Crippen molar-refractivity contribution in [2.24, 2.45) is 0 Å². The van der Waals surface area contributed by atoms with Gasteiger partial charge in [0.05, 0.1) is 10.7 Å². The topological polar surface area (TPSA) is 43.8 Å². The summed E-state index contributed by atoms with van der Waals surface area (Å²) in [4.78, 5) is 4.13. The molecule has 1 aromatic carbocycles. The molecule has 0 aliphatic carbocycles. The van der Waals surface area contributed by atoms with E-state index in [4.69, 9.17) is 17.3 Å². The van der Waals surface area contributed by atoms with Crippen LogP contribution in [0.2, 0.25) is 5.02 Å². The number of hydrogen-bond donors (Lipinski definition) is 1. The third-order valence-electron chi connectivity index (χ3n) is 2.09. The first-order valence-corrected chi connectivity index (χ1v) is 4.61. The number of benzene rings is 1. The highest BCUT2D eigenvalue weighted by molar-refractivity contribution is 6.33. The van der Waals surface area contributed by atoms with Gasteiger partial charge in [0.2, 0.25) is 0 Å². The van der Waals surface area contributed by atoms with E-state index in [2.05, 4.69) is 4.98 Å². The average molecular weight is 208 g/mol. The predicted molar refractivity (Wildman–Crippen MR) is 57.7 cm³/mol. The molecule has 0 aliphatic heterocycles. The summed E-state index contributed by atoms with van der Waals surface area (Å²) in [5, 5.41) is 0.565. The predicted octanol–water partition coefficient (Wildman–Crippen LogP) is 2.42. The molecule has 2 aromatic rings. The SMILES string of the molecule is Cc1nccn1-c1ccc(N)c(Cl)c1. The molecule has 0 saturated carbocycles. The largest absolute Gasteiger partial charge is 0.398 e. The molecule has 0 saturated heterocycles. The van der Waals surface area contributed by atoms with E-state index in [1.54, 1.807) is 12.3 Å². The van der Waals surface area contributed by atoms with Gasteiger partial charge in [-0.15, -0.1) is 0 Å². The molecule has 0 aliphatic rings. The fraction of sp³-hybridized carbons (Fsp3) is 0.100. The van der Waals surface area contributed by atoms with Crippen molar-refractivity contribution in [2.45, 2.75) is 6.92 Å². The van der Waals surface area contributed by atoms with Crippen molar-refractivity contribution in [3.05, 3.63) is 41.4 Å². The smallest absolute Gasteiger partial charge is 0.110 e. The van der Waals surface area contributed by atoms with Crippen LogP contribution in [0.15, 0.2) is 30.6 Å². The Kier molecular flexibility index (Phi) is 2.17. The Morgan fingerprint density at radius 3 is 2.79 bits per heavy atom. The molecule has 0 bridgehead atoms. The summed E-state index contributed by atoms with van der Waals surface area (Å²) < 4.78 is 1.95. The van der Waals surface area contributed by atoms with Crippen molar-refractivity contribution in [1.29, 1.82) is 0 Å².